The van der Waals surface area contributed by atoms with Crippen LogP contribution in [-0.2, 0) is 17.3 Å². The first-order valence-corrected chi connectivity index (χ1v) is 14.0. The Morgan fingerprint density at radius 2 is 1.61 bits per heavy atom. The van der Waals surface area contributed by atoms with Crippen molar-refractivity contribution in [1.82, 2.24) is 5.32 Å². The Labute approximate surface area is 215 Å². The van der Waals surface area contributed by atoms with E-state index in [0.717, 1.165) is 36.8 Å². The fraction of sp³-hybridized carbons (Fsp3) is 0.333. The SMILES string of the molecule is Cc1ccccc1CN1C(=O)c2ccccc2[S@](=O)c2ccc(C(=O)NC3CCCCCCC3)cc21. The number of carbonyl (C=O) groups excluding carboxylic acids is 2. The molecule has 5 nitrogen and oxygen atoms in total. The number of fused-ring (bicyclic) bond motifs is 2. The molecule has 1 aliphatic carbocycles. The van der Waals surface area contributed by atoms with Gasteiger partial charge in [0.15, 0.2) is 0 Å². The monoisotopic (exact) mass is 500 g/mol. The van der Waals surface area contributed by atoms with Crippen LogP contribution in [0.3, 0.4) is 0 Å². The summed E-state index contributed by atoms with van der Waals surface area (Å²) in [5.74, 6) is -0.349. The van der Waals surface area contributed by atoms with Crippen LogP contribution in [0.25, 0.3) is 0 Å². The third kappa shape index (κ3) is 5.00. The van der Waals surface area contributed by atoms with Gasteiger partial charge >= 0.3 is 0 Å². The summed E-state index contributed by atoms with van der Waals surface area (Å²) in [6.45, 7) is 2.35. The first-order chi connectivity index (χ1) is 17.5. The van der Waals surface area contributed by atoms with Gasteiger partial charge in [-0.3, -0.25) is 9.59 Å². The van der Waals surface area contributed by atoms with E-state index in [0.29, 0.717) is 33.2 Å². The predicted octanol–water partition coefficient (Wildman–Crippen LogP) is 6.16. The number of rotatable bonds is 4. The first kappa shape index (κ1) is 24.4. The number of hydrogen-bond acceptors (Lipinski definition) is 3. The smallest absolute Gasteiger partial charge is 0.259 e. The maximum Gasteiger partial charge on any atom is 0.259 e. The molecule has 3 aromatic carbocycles. The highest BCUT2D eigenvalue weighted by molar-refractivity contribution is 7.85. The van der Waals surface area contributed by atoms with Crippen molar-refractivity contribution in [1.29, 1.82) is 0 Å². The van der Waals surface area contributed by atoms with Crippen molar-refractivity contribution in [2.24, 2.45) is 0 Å². The molecule has 6 heteroatoms. The highest BCUT2D eigenvalue weighted by Crippen LogP contribution is 2.36. The number of aryl methyl sites for hydroxylation is 1. The molecule has 0 radical (unpaired) electrons. The molecule has 0 saturated heterocycles. The highest BCUT2D eigenvalue weighted by Gasteiger charge is 2.32. The molecule has 2 aliphatic rings. The van der Waals surface area contributed by atoms with Crippen LogP contribution in [0.1, 0.15) is 76.8 Å². The minimum atomic E-state index is -1.54. The standard InChI is InChI=1S/C30H32N2O3S/c1-21-11-7-8-12-23(21)20-32-26-19-22(29(33)31-24-13-5-3-2-4-6-14-24)17-18-28(26)36(35)27-16-10-9-15-25(27)30(32)34/h7-12,15-19,24H,2-6,13-14,20H2,1H3,(H,31,33)/t36-/m0/s1. The van der Waals surface area contributed by atoms with Crippen LogP contribution in [0, 0.1) is 6.92 Å². The van der Waals surface area contributed by atoms with Crippen LogP contribution >= 0.6 is 0 Å². The second-order valence-corrected chi connectivity index (χ2v) is 11.2. The zero-order chi connectivity index (χ0) is 25.1. The van der Waals surface area contributed by atoms with Crippen LogP contribution in [0.2, 0.25) is 0 Å². The molecular weight excluding hydrogens is 468 g/mol. The van der Waals surface area contributed by atoms with E-state index in [4.69, 9.17) is 0 Å². The number of nitrogens with one attached hydrogen (secondary N) is 1. The van der Waals surface area contributed by atoms with E-state index in [9.17, 15) is 13.8 Å². The lowest BCUT2D eigenvalue weighted by Crippen LogP contribution is -2.35. The Morgan fingerprint density at radius 3 is 2.39 bits per heavy atom. The minimum absolute atomic E-state index is 0.140. The molecular formula is C30H32N2O3S. The average Bonchev–Trinajstić information content (AvgIpc) is 2.96. The van der Waals surface area contributed by atoms with E-state index in [-0.39, 0.29) is 17.9 Å². The molecule has 0 unspecified atom stereocenters. The number of amides is 2. The molecule has 1 heterocycles. The number of carbonyl (C=O) groups is 2. The fourth-order valence-electron chi connectivity index (χ4n) is 5.19. The lowest BCUT2D eigenvalue weighted by atomic mass is 9.96. The lowest BCUT2D eigenvalue weighted by molar-refractivity contribution is 0.0928. The molecule has 3 aromatic rings. The number of hydrogen-bond donors (Lipinski definition) is 1. The summed E-state index contributed by atoms with van der Waals surface area (Å²) in [7, 11) is -1.54. The molecule has 1 atom stereocenters. The molecule has 186 valence electrons. The van der Waals surface area contributed by atoms with Gasteiger partial charge in [-0.1, -0.05) is 68.5 Å². The zero-order valence-electron chi connectivity index (χ0n) is 20.7. The Bertz CT molecular complexity index is 1310. The molecule has 1 saturated carbocycles. The lowest BCUT2D eigenvalue weighted by Gasteiger charge is -2.25. The highest BCUT2D eigenvalue weighted by atomic mass is 32.2. The van der Waals surface area contributed by atoms with Crippen LogP contribution in [0.15, 0.2) is 76.5 Å². The van der Waals surface area contributed by atoms with Crippen LogP contribution < -0.4 is 10.2 Å². The third-order valence-corrected chi connectivity index (χ3v) is 8.80. The Balaban J connectivity index is 1.53. The largest absolute Gasteiger partial charge is 0.349 e. The molecule has 2 amide bonds. The Morgan fingerprint density at radius 1 is 0.917 bits per heavy atom. The van der Waals surface area contributed by atoms with Gasteiger partial charge in [0.05, 0.1) is 38.4 Å². The van der Waals surface area contributed by atoms with Gasteiger partial charge in [0.25, 0.3) is 11.8 Å². The quantitative estimate of drug-likeness (QED) is 0.466. The second-order valence-electron chi connectivity index (χ2n) is 9.78. The van der Waals surface area contributed by atoms with Crippen LogP contribution in [-0.4, -0.2) is 22.1 Å². The van der Waals surface area contributed by atoms with Gasteiger partial charge < -0.3 is 10.2 Å². The summed E-state index contributed by atoms with van der Waals surface area (Å²) >= 11 is 0. The zero-order valence-corrected chi connectivity index (χ0v) is 21.5. The first-order valence-electron chi connectivity index (χ1n) is 12.8. The topological polar surface area (TPSA) is 66.5 Å². The van der Waals surface area contributed by atoms with Gasteiger partial charge in [-0.2, -0.15) is 0 Å². The molecule has 36 heavy (non-hydrogen) atoms. The van der Waals surface area contributed by atoms with Crippen molar-refractivity contribution in [3.63, 3.8) is 0 Å². The van der Waals surface area contributed by atoms with Crippen LogP contribution in [0.5, 0.6) is 0 Å². The summed E-state index contributed by atoms with van der Waals surface area (Å²) in [5.41, 5.74) is 3.53. The van der Waals surface area contributed by atoms with Gasteiger partial charge in [0.1, 0.15) is 0 Å². The van der Waals surface area contributed by atoms with Gasteiger partial charge in [0.2, 0.25) is 0 Å². The van der Waals surface area contributed by atoms with E-state index in [1.165, 1.54) is 19.3 Å². The Kier molecular flexibility index (Phi) is 7.33. The normalized spacial score (nSPS) is 18.4. The molecule has 0 bridgehead atoms. The summed E-state index contributed by atoms with van der Waals surface area (Å²) in [6, 6.07) is 20.4. The molecule has 1 aliphatic heterocycles. The fourth-order valence-corrected chi connectivity index (χ4v) is 6.53. The molecule has 1 fully saturated rings. The van der Waals surface area contributed by atoms with Crippen molar-refractivity contribution in [3.05, 3.63) is 89.0 Å². The summed E-state index contributed by atoms with van der Waals surface area (Å²) in [4.78, 5) is 29.8. The van der Waals surface area contributed by atoms with Gasteiger partial charge in [0, 0.05) is 11.6 Å². The average molecular weight is 501 g/mol. The van der Waals surface area contributed by atoms with Crippen molar-refractivity contribution in [3.8, 4) is 0 Å². The molecule has 0 aromatic heterocycles. The Hall–Kier alpha value is -3.25. The predicted molar refractivity (Wildman–Crippen MR) is 143 cm³/mol. The second kappa shape index (κ2) is 10.8. The number of anilines is 1. The summed E-state index contributed by atoms with van der Waals surface area (Å²) < 4.78 is 13.6. The van der Waals surface area contributed by atoms with Crippen molar-refractivity contribution in [2.75, 3.05) is 4.90 Å². The summed E-state index contributed by atoms with van der Waals surface area (Å²) in [6.07, 6.45) is 7.95. The maximum absolute atomic E-state index is 13.8. The number of benzene rings is 3. The molecule has 0 spiro atoms. The van der Waals surface area contributed by atoms with E-state index in [1.807, 2.05) is 31.2 Å². The minimum Gasteiger partial charge on any atom is -0.349 e. The molecule has 5 rings (SSSR count). The number of nitrogens with zero attached hydrogens (tertiary/aromatic N) is 1. The van der Waals surface area contributed by atoms with E-state index >= 15 is 0 Å². The van der Waals surface area contributed by atoms with E-state index in [2.05, 4.69) is 5.32 Å². The van der Waals surface area contributed by atoms with Gasteiger partial charge in [-0.15, -0.1) is 0 Å². The molecule has 1 N–H and O–H groups in total. The van der Waals surface area contributed by atoms with Gasteiger partial charge in [-0.05, 0) is 61.2 Å². The van der Waals surface area contributed by atoms with Crippen molar-refractivity contribution >= 4 is 28.3 Å². The maximum atomic E-state index is 13.8. The third-order valence-electron chi connectivity index (χ3n) is 7.30. The van der Waals surface area contributed by atoms with E-state index < -0.39 is 10.8 Å². The van der Waals surface area contributed by atoms with Crippen LogP contribution in [0.4, 0.5) is 5.69 Å². The van der Waals surface area contributed by atoms with Crippen molar-refractivity contribution in [2.45, 2.75) is 74.2 Å². The van der Waals surface area contributed by atoms with Gasteiger partial charge in [-0.25, -0.2) is 4.21 Å². The van der Waals surface area contributed by atoms with Crippen molar-refractivity contribution < 1.29 is 13.8 Å². The van der Waals surface area contributed by atoms with E-state index in [1.54, 1.807) is 47.4 Å². The summed E-state index contributed by atoms with van der Waals surface area (Å²) in [5, 5.41) is 3.22.